The van der Waals surface area contributed by atoms with Gasteiger partial charge in [-0.25, -0.2) is 13.6 Å². The normalized spacial score (nSPS) is 22.3. The summed E-state index contributed by atoms with van der Waals surface area (Å²) in [5.41, 5.74) is 0.532. The monoisotopic (exact) mass is 243 g/mol. The van der Waals surface area contributed by atoms with Crippen LogP contribution in [0.1, 0.15) is 13.3 Å². The molecule has 1 fully saturated rings. The molecular weight excluding hydrogens is 230 g/mol. The van der Waals surface area contributed by atoms with Crippen LogP contribution in [0.3, 0.4) is 0 Å². The zero-order valence-corrected chi connectivity index (χ0v) is 9.70. The van der Waals surface area contributed by atoms with Crippen molar-refractivity contribution in [2.24, 2.45) is 11.1 Å². The van der Waals surface area contributed by atoms with Crippen molar-refractivity contribution in [3.8, 4) is 6.07 Å². The van der Waals surface area contributed by atoms with E-state index in [-0.39, 0.29) is 24.0 Å². The average molecular weight is 243 g/mol. The van der Waals surface area contributed by atoms with Crippen molar-refractivity contribution >= 4 is 15.9 Å². The molecule has 0 aliphatic carbocycles. The molecule has 0 aromatic heterocycles. The van der Waals surface area contributed by atoms with Gasteiger partial charge in [0, 0.05) is 30.7 Å². The minimum atomic E-state index is -3.56. The Bertz CT molecular complexity index is 461. The van der Waals surface area contributed by atoms with Gasteiger partial charge in [0.1, 0.15) is 0 Å². The summed E-state index contributed by atoms with van der Waals surface area (Å²) in [5.74, 6) is -0.656. The van der Waals surface area contributed by atoms with Crippen molar-refractivity contribution in [1.82, 2.24) is 4.90 Å². The number of likely N-dealkylation sites (tertiary alicyclic amines) is 1. The van der Waals surface area contributed by atoms with Gasteiger partial charge in [0.15, 0.2) is 0 Å². The van der Waals surface area contributed by atoms with Gasteiger partial charge < -0.3 is 4.90 Å². The van der Waals surface area contributed by atoms with Crippen molar-refractivity contribution in [2.45, 2.75) is 13.3 Å². The lowest BCUT2D eigenvalue weighted by molar-refractivity contribution is -0.126. The van der Waals surface area contributed by atoms with E-state index in [1.165, 1.54) is 11.0 Å². The van der Waals surface area contributed by atoms with Gasteiger partial charge in [-0.15, -0.1) is 0 Å². The standard InChI is InChI=1S/C9H13N3O3S/c1-7(2-3-10)12-5-8(4-9(12)13)6-16(11,14)15/h2,8H,4-6H2,1H3,(H2,11,14,15). The second-order valence-electron chi connectivity index (χ2n) is 3.82. The number of allylic oxidation sites excluding steroid dienone is 2. The lowest BCUT2D eigenvalue weighted by Gasteiger charge is -2.15. The lowest BCUT2D eigenvalue weighted by atomic mass is 10.1. The lowest BCUT2D eigenvalue weighted by Crippen LogP contribution is -2.26. The molecule has 1 unspecified atom stereocenters. The second-order valence-corrected chi connectivity index (χ2v) is 5.48. The highest BCUT2D eigenvalue weighted by Crippen LogP contribution is 2.22. The van der Waals surface area contributed by atoms with Crippen molar-refractivity contribution in [1.29, 1.82) is 5.26 Å². The van der Waals surface area contributed by atoms with Crippen LogP contribution in [0, 0.1) is 17.2 Å². The zero-order chi connectivity index (χ0) is 12.3. The first-order valence-corrected chi connectivity index (χ1v) is 6.42. The van der Waals surface area contributed by atoms with Gasteiger partial charge in [0.25, 0.3) is 0 Å². The molecule has 1 rings (SSSR count). The first-order valence-electron chi connectivity index (χ1n) is 4.70. The van der Waals surface area contributed by atoms with E-state index >= 15 is 0 Å². The number of rotatable bonds is 3. The number of nitrogens with zero attached hydrogens (tertiary/aromatic N) is 2. The third kappa shape index (κ3) is 3.32. The number of carbonyl (C=O) groups is 1. The maximum Gasteiger partial charge on any atom is 0.227 e. The molecule has 0 aromatic carbocycles. The summed E-state index contributed by atoms with van der Waals surface area (Å²) in [6.45, 7) is 1.94. The Kier molecular flexibility index (Phi) is 3.67. The van der Waals surface area contributed by atoms with E-state index in [0.717, 1.165) is 0 Å². The molecule has 0 bridgehead atoms. The number of sulfonamides is 1. The fraction of sp³-hybridized carbons (Fsp3) is 0.556. The zero-order valence-electron chi connectivity index (χ0n) is 8.88. The smallest absolute Gasteiger partial charge is 0.227 e. The summed E-state index contributed by atoms with van der Waals surface area (Å²) >= 11 is 0. The van der Waals surface area contributed by atoms with Crippen molar-refractivity contribution in [3.63, 3.8) is 0 Å². The molecule has 1 amide bonds. The molecule has 1 atom stereocenters. The third-order valence-electron chi connectivity index (χ3n) is 2.37. The summed E-state index contributed by atoms with van der Waals surface area (Å²) in [4.78, 5) is 12.9. The van der Waals surface area contributed by atoms with E-state index in [9.17, 15) is 13.2 Å². The van der Waals surface area contributed by atoms with Crippen LogP contribution in [0.4, 0.5) is 0 Å². The molecule has 1 aliphatic heterocycles. The Morgan fingerprint density at radius 2 is 2.38 bits per heavy atom. The van der Waals surface area contributed by atoms with Crippen LogP contribution in [-0.4, -0.2) is 31.5 Å². The number of nitrogens with two attached hydrogens (primary N) is 1. The van der Waals surface area contributed by atoms with Crippen LogP contribution >= 0.6 is 0 Å². The SMILES string of the molecule is CC(=CC#N)N1CC(CS(N)(=O)=O)CC1=O. The third-order valence-corrected chi connectivity index (χ3v) is 3.31. The van der Waals surface area contributed by atoms with Gasteiger partial charge in [-0.2, -0.15) is 5.26 Å². The summed E-state index contributed by atoms with van der Waals surface area (Å²) in [6, 6.07) is 1.83. The van der Waals surface area contributed by atoms with Crippen LogP contribution in [-0.2, 0) is 14.8 Å². The molecule has 1 aliphatic rings. The van der Waals surface area contributed by atoms with Gasteiger partial charge in [-0.3, -0.25) is 4.79 Å². The fourth-order valence-electron chi connectivity index (χ4n) is 1.73. The number of hydrogen-bond acceptors (Lipinski definition) is 4. The molecule has 0 radical (unpaired) electrons. The molecule has 0 aromatic rings. The molecule has 2 N–H and O–H groups in total. The van der Waals surface area contributed by atoms with Gasteiger partial charge >= 0.3 is 0 Å². The summed E-state index contributed by atoms with van der Waals surface area (Å²) in [5, 5.41) is 13.4. The Morgan fingerprint density at radius 1 is 1.75 bits per heavy atom. The van der Waals surface area contributed by atoms with E-state index in [0.29, 0.717) is 12.2 Å². The molecule has 0 saturated carbocycles. The molecule has 1 saturated heterocycles. The predicted octanol–water partition coefficient (Wildman–Crippen LogP) is -0.449. The van der Waals surface area contributed by atoms with Gasteiger partial charge in [0.2, 0.25) is 15.9 Å². The van der Waals surface area contributed by atoms with Gasteiger partial charge in [-0.05, 0) is 6.92 Å². The van der Waals surface area contributed by atoms with Crippen LogP contribution < -0.4 is 5.14 Å². The minimum Gasteiger partial charge on any atom is -0.315 e. The van der Waals surface area contributed by atoms with Crippen molar-refractivity contribution < 1.29 is 13.2 Å². The van der Waals surface area contributed by atoms with Crippen LogP contribution in [0.25, 0.3) is 0 Å². The maximum absolute atomic E-state index is 11.5. The Hall–Kier alpha value is -1.39. The minimum absolute atomic E-state index is 0.160. The largest absolute Gasteiger partial charge is 0.315 e. The molecular formula is C9H13N3O3S. The first-order chi connectivity index (χ1) is 7.33. The molecule has 88 valence electrons. The molecule has 7 heteroatoms. The topological polar surface area (TPSA) is 104 Å². The Balaban J connectivity index is 2.72. The quantitative estimate of drug-likeness (QED) is 0.678. The number of amides is 1. The molecule has 0 spiro atoms. The Morgan fingerprint density at radius 3 is 2.88 bits per heavy atom. The van der Waals surface area contributed by atoms with E-state index < -0.39 is 10.0 Å². The maximum atomic E-state index is 11.5. The number of nitriles is 1. The average Bonchev–Trinajstić information content (AvgIpc) is 2.44. The molecule has 1 heterocycles. The number of primary sulfonamides is 1. The van der Waals surface area contributed by atoms with Gasteiger partial charge in [-0.1, -0.05) is 0 Å². The summed E-state index contributed by atoms with van der Waals surface area (Å²) in [6.07, 6.45) is 1.42. The highest BCUT2D eigenvalue weighted by atomic mass is 32.2. The fourth-order valence-corrected chi connectivity index (χ4v) is 2.61. The van der Waals surface area contributed by atoms with E-state index in [1.54, 1.807) is 6.92 Å². The van der Waals surface area contributed by atoms with E-state index in [2.05, 4.69) is 0 Å². The van der Waals surface area contributed by atoms with Crippen LogP contribution in [0.15, 0.2) is 11.8 Å². The summed E-state index contributed by atoms with van der Waals surface area (Å²) in [7, 11) is -3.56. The highest BCUT2D eigenvalue weighted by molar-refractivity contribution is 7.89. The molecule has 16 heavy (non-hydrogen) atoms. The van der Waals surface area contributed by atoms with Crippen molar-refractivity contribution in [3.05, 3.63) is 11.8 Å². The Labute approximate surface area is 94.4 Å². The van der Waals surface area contributed by atoms with Gasteiger partial charge in [0.05, 0.1) is 11.8 Å². The van der Waals surface area contributed by atoms with Crippen molar-refractivity contribution in [2.75, 3.05) is 12.3 Å². The number of hydrogen-bond donors (Lipinski definition) is 1. The van der Waals surface area contributed by atoms with Crippen LogP contribution in [0.2, 0.25) is 0 Å². The summed E-state index contributed by atoms with van der Waals surface area (Å²) < 4.78 is 21.8. The number of carbonyl (C=O) groups excluding carboxylic acids is 1. The molecule has 6 nitrogen and oxygen atoms in total. The highest BCUT2D eigenvalue weighted by Gasteiger charge is 2.32. The van der Waals surface area contributed by atoms with Crippen LogP contribution in [0.5, 0.6) is 0 Å². The van der Waals surface area contributed by atoms with E-state index in [4.69, 9.17) is 10.4 Å². The first kappa shape index (κ1) is 12.7. The predicted molar refractivity (Wildman–Crippen MR) is 57.2 cm³/mol. The second kappa shape index (κ2) is 4.63. The van der Waals surface area contributed by atoms with E-state index in [1.807, 2.05) is 6.07 Å².